The van der Waals surface area contributed by atoms with E-state index in [2.05, 4.69) is 29.7 Å². The Kier molecular flexibility index (Phi) is 5.23. The molecule has 3 aliphatic rings. The van der Waals surface area contributed by atoms with Crippen molar-refractivity contribution in [3.63, 3.8) is 0 Å². The van der Waals surface area contributed by atoms with Gasteiger partial charge in [-0.3, -0.25) is 4.90 Å². The molecule has 0 N–H and O–H groups in total. The summed E-state index contributed by atoms with van der Waals surface area (Å²) in [7, 11) is 0. The third-order valence-corrected chi connectivity index (χ3v) is 4.86. The van der Waals surface area contributed by atoms with Gasteiger partial charge in [-0.25, -0.2) is 0 Å². The predicted molar refractivity (Wildman–Crippen MR) is 87.0 cm³/mol. The Balaban J connectivity index is 1.45. The fraction of sp³-hybridized carbons (Fsp3) is 0.833. The van der Waals surface area contributed by atoms with Crippen LogP contribution in [0.15, 0.2) is 11.8 Å². The van der Waals surface area contributed by atoms with E-state index in [9.17, 15) is 0 Å². The number of nitrogens with zero attached hydrogens (tertiary/aromatic N) is 2. The molecule has 1 saturated carbocycles. The first kappa shape index (κ1) is 15.4. The Morgan fingerprint density at radius 3 is 2.76 bits per heavy atom. The van der Waals surface area contributed by atoms with Crippen LogP contribution < -0.4 is 0 Å². The second-order valence-electron chi connectivity index (χ2n) is 7.37. The molecular formula is C18H31N2O. The lowest BCUT2D eigenvalue weighted by Crippen LogP contribution is -2.42. The summed E-state index contributed by atoms with van der Waals surface area (Å²) in [5, 5.41) is 0. The molecule has 0 bridgehead atoms. The molecule has 0 spiro atoms. The van der Waals surface area contributed by atoms with E-state index in [0.717, 1.165) is 32.2 Å². The molecule has 0 aromatic rings. The van der Waals surface area contributed by atoms with Crippen LogP contribution in [0.3, 0.4) is 0 Å². The van der Waals surface area contributed by atoms with E-state index in [-0.39, 0.29) is 0 Å². The maximum atomic E-state index is 6.12. The predicted octanol–water partition coefficient (Wildman–Crippen LogP) is 3.08. The molecule has 2 fully saturated rings. The maximum absolute atomic E-state index is 6.12. The molecule has 2 aliphatic heterocycles. The smallest absolute Gasteiger partial charge is 0.0750 e. The first-order valence-electron chi connectivity index (χ1n) is 8.77. The number of hydrogen-bond acceptors (Lipinski definition) is 3. The molecule has 0 amide bonds. The van der Waals surface area contributed by atoms with Crippen LogP contribution >= 0.6 is 0 Å². The first-order valence-corrected chi connectivity index (χ1v) is 8.77. The summed E-state index contributed by atoms with van der Waals surface area (Å²) in [6, 6.07) is 0. The number of hydrogen-bond donors (Lipinski definition) is 0. The van der Waals surface area contributed by atoms with Crippen LogP contribution in [-0.2, 0) is 4.74 Å². The van der Waals surface area contributed by atoms with Crippen LogP contribution in [0, 0.1) is 11.8 Å². The molecular weight excluding hydrogens is 260 g/mol. The minimum atomic E-state index is 0.476. The summed E-state index contributed by atoms with van der Waals surface area (Å²) in [4.78, 5) is 5.14. The van der Waals surface area contributed by atoms with E-state index < -0.39 is 0 Å². The van der Waals surface area contributed by atoms with Crippen molar-refractivity contribution in [2.24, 2.45) is 5.92 Å². The van der Waals surface area contributed by atoms with Gasteiger partial charge >= 0.3 is 0 Å². The zero-order chi connectivity index (χ0) is 14.7. The lowest BCUT2D eigenvalue weighted by molar-refractivity contribution is 0.00167. The maximum Gasteiger partial charge on any atom is 0.0750 e. The standard InChI is InChI=1S/C18H31N2O/c1-15(2)12-19-10-7-17(8-11-19)20-9-3-4-18(13-20)21-14-16-5-6-16/h7,16,18H,3-6,8-14H2,1-2H3. The number of rotatable bonds is 6. The van der Waals surface area contributed by atoms with E-state index in [1.807, 2.05) is 0 Å². The highest BCUT2D eigenvalue weighted by Gasteiger charge is 2.27. The van der Waals surface area contributed by atoms with Gasteiger partial charge in [0.2, 0.25) is 0 Å². The highest BCUT2D eigenvalue weighted by atomic mass is 16.5. The number of piperidine rings is 1. The zero-order valence-corrected chi connectivity index (χ0v) is 13.8. The van der Waals surface area contributed by atoms with Gasteiger partial charge in [-0.1, -0.05) is 19.9 Å². The molecule has 1 radical (unpaired) electrons. The van der Waals surface area contributed by atoms with E-state index in [1.165, 1.54) is 51.1 Å². The van der Waals surface area contributed by atoms with Crippen LogP contribution in [0.4, 0.5) is 0 Å². The highest BCUT2D eigenvalue weighted by molar-refractivity contribution is 5.08. The Labute approximate surface area is 130 Å². The second-order valence-corrected chi connectivity index (χ2v) is 7.37. The van der Waals surface area contributed by atoms with E-state index >= 15 is 0 Å². The third-order valence-electron chi connectivity index (χ3n) is 4.86. The zero-order valence-electron chi connectivity index (χ0n) is 13.8. The van der Waals surface area contributed by atoms with Gasteiger partial charge in [0.05, 0.1) is 6.10 Å². The first-order chi connectivity index (χ1) is 10.2. The summed E-state index contributed by atoms with van der Waals surface area (Å²) in [5.41, 5.74) is 1.57. The van der Waals surface area contributed by atoms with Gasteiger partial charge in [0, 0.05) is 45.0 Å². The van der Waals surface area contributed by atoms with E-state index in [4.69, 9.17) is 4.74 Å². The average molecular weight is 291 g/mol. The number of likely N-dealkylation sites (tertiary alicyclic amines) is 1. The van der Waals surface area contributed by atoms with Crippen molar-refractivity contribution in [1.82, 2.24) is 9.80 Å². The van der Waals surface area contributed by atoms with Gasteiger partial charge < -0.3 is 9.64 Å². The van der Waals surface area contributed by atoms with Crippen molar-refractivity contribution in [2.75, 3.05) is 39.3 Å². The van der Waals surface area contributed by atoms with Crippen LogP contribution in [0.5, 0.6) is 0 Å². The highest BCUT2D eigenvalue weighted by Crippen LogP contribution is 2.30. The molecule has 3 heteroatoms. The van der Waals surface area contributed by atoms with Crippen LogP contribution in [0.1, 0.15) is 46.0 Å². The molecule has 1 unspecified atom stereocenters. The summed E-state index contributed by atoms with van der Waals surface area (Å²) >= 11 is 0. The topological polar surface area (TPSA) is 15.7 Å². The molecule has 119 valence electrons. The van der Waals surface area contributed by atoms with Crippen molar-refractivity contribution in [3.05, 3.63) is 17.7 Å². The van der Waals surface area contributed by atoms with Crippen molar-refractivity contribution in [1.29, 1.82) is 0 Å². The number of ether oxygens (including phenoxy) is 1. The molecule has 21 heavy (non-hydrogen) atoms. The molecule has 3 nitrogen and oxygen atoms in total. The largest absolute Gasteiger partial charge is 0.376 e. The monoisotopic (exact) mass is 291 g/mol. The van der Waals surface area contributed by atoms with Crippen molar-refractivity contribution >= 4 is 0 Å². The van der Waals surface area contributed by atoms with Crippen molar-refractivity contribution in [3.8, 4) is 0 Å². The molecule has 1 atom stereocenters. The third kappa shape index (κ3) is 4.72. The SMILES string of the molecule is C[C](C)CN1CC=C(N2CCCC(OCC3CC3)C2)CC1. The van der Waals surface area contributed by atoms with Crippen molar-refractivity contribution < 1.29 is 4.74 Å². The molecule has 2 heterocycles. The lowest BCUT2D eigenvalue weighted by Gasteiger charge is -2.38. The molecule has 1 saturated heterocycles. The van der Waals surface area contributed by atoms with Gasteiger partial charge in [0.15, 0.2) is 0 Å². The Bertz CT molecular complexity index is 362. The Hall–Kier alpha value is -0.540. The Morgan fingerprint density at radius 1 is 1.24 bits per heavy atom. The summed E-state index contributed by atoms with van der Waals surface area (Å²) in [5.74, 6) is 2.40. The summed E-state index contributed by atoms with van der Waals surface area (Å²) in [6.45, 7) is 11.3. The fourth-order valence-electron chi connectivity index (χ4n) is 3.47. The minimum Gasteiger partial charge on any atom is -0.376 e. The van der Waals surface area contributed by atoms with Crippen LogP contribution in [0.25, 0.3) is 0 Å². The van der Waals surface area contributed by atoms with Gasteiger partial charge in [-0.05, 0) is 43.9 Å². The normalized spacial score (nSPS) is 28.0. The summed E-state index contributed by atoms with van der Waals surface area (Å²) in [6.07, 6.45) is 9.48. The molecule has 1 aliphatic carbocycles. The fourth-order valence-corrected chi connectivity index (χ4v) is 3.47. The lowest BCUT2D eigenvalue weighted by atomic mass is 10.0. The molecule has 0 aromatic carbocycles. The van der Waals surface area contributed by atoms with E-state index in [0.29, 0.717) is 6.10 Å². The average Bonchev–Trinajstić information content (AvgIpc) is 3.30. The minimum absolute atomic E-state index is 0.476. The second kappa shape index (κ2) is 7.15. The van der Waals surface area contributed by atoms with Gasteiger partial charge in [-0.15, -0.1) is 0 Å². The van der Waals surface area contributed by atoms with Crippen LogP contribution in [0.2, 0.25) is 0 Å². The quantitative estimate of drug-likeness (QED) is 0.748. The van der Waals surface area contributed by atoms with E-state index in [1.54, 1.807) is 5.70 Å². The Morgan fingerprint density at radius 2 is 2.10 bits per heavy atom. The molecule has 3 rings (SSSR count). The van der Waals surface area contributed by atoms with Gasteiger partial charge in [0.1, 0.15) is 0 Å². The van der Waals surface area contributed by atoms with Crippen LogP contribution in [-0.4, -0.2) is 55.2 Å². The van der Waals surface area contributed by atoms with Gasteiger partial charge in [0.25, 0.3) is 0 Å². The van der Waals surface area contributed by atoms with Crippen molar-refractivity contribution in [2.45, 2.75) is 52.1 Å². The molecule has 0 aromatic heterocycles. The van der Waals surface area contributed by atoms with Gasteiger partial charge in [-0.2, -0.15) is 0 Å². The summed E-state index contributed by atoms with van der Waals surface area (Å²) < 4.78 is 6.12.